The molecule has 0 spiro atoms. The summed E-state index contributed by atoms with van der Waals surface area (Å²) in [5, 5.41) is 4.76. The summed E-state index contributed by atoms with van der Waals surface area (Å²) in [5.74, 6) is -4.09. The van der Waals surface area contributed by atoms with Crippen LogP contribution in [0.1, 0.15) is 18.4 Å². The summed E-state index contributed by atoms with van der Waals surface area (Å²) in [6, 6.07) is 6.86. The average Bonchev–Trinajstić information content (AvgIpc) is 3.23. The van der Waals surface area contributed by atoms with Gasteiger partial charge in [0, 0.05) is 30.6 Å². The van der Waals surface area contributed by atoms with Gasteiger partial charge in [-0.2, -0.15) is 17.9 Å². The number of rotatable bonds is 6. The Bertz CT molecular complexity index is 1560. The first-order valence-corrected chi connectivity index (χ1v) is 14.3. The summed E-state index contributed by atoms with van der Waals surface area (Å²) in [6.45, 7) is 0.284. The Balaban J connectivity index is 1.76. The van der Waals surface area contributed by atoms with E-state index in [0.717, 1.165) is 18.4 Å². The molecule has 0 saturated carbocycles. The molecule has 1 aliphatic rings. The molecule has 0 bridgehead atoms. The lowest BCUT2D eigenvalue weighted by molar-refractivity contribution is -0.149. The van der Waals surface area contributed by atoms with Gasteiger partial charge in [0.05, 0.1) is 42.4 Å². The summed E-state index contributed by atoms with van der Waals surface area (Å²) in [5.41, 5.74) is -0.00549. The van der Waals surface area contributed by atoms with Crippen LogP contribution in [0.5, 0.6) is 5.75 Å². The summed E-state index contributed by atoms with van der Waals surface area (Å²) in [4.78, 5) is 12.9. The first-order chi connectivity index (χ1) is 16.7. The number of sulfonamides is 1. The predicted octanol–water partition coefficient (Wildman–Crippen LogP) is 2.11. The SMILES string of the molecule is COC(=O)C1(c2ccc3c(cnn3-c3cc(F)c(F)c(OS(C)(=O)=O)c3)c2)CCN(S(C)(=O)=O)CC1. The number of hydrogen-bond donors (Lipinski definition) is 0. The quantitative estimate of drug-likeness (QED) is 0.342. The van der Waals surface area contributed by atoms with Gasteiger partial charge in [0.1, 0.15) is 0 Å². The highest BCUT2D eigenvalue weighted by molar-refractivity contribution is 7.88. The van der Waals surface area contributed by atoms with Gasteiger partial charge in [-0.3, -0.25) is 4.79 Å². The summed E-state index contributed by atoms with van der Waals surface area (Å²) in [6.07, 6.45) is 3.69. The molecule has 194 valence electrons. The van der Waals surface area contributed by atoms with Crippen LogP contribution in [-0.4, -0.2) is 69.6 Å². The topological polar surface area (TPSA) is 125 Å². The van der Waals surface area contributed by atoms with Gasteiger partial charge in [0.25, 0.3) is 0 Å². The molecule has 0 aliphatic carbocycles. The number of piperidine rings is 1. The van der Waals surface area contributed by atoms with E-state index in [4.69, 9.17) is 4.74 Å². The molecule has 36 heavy (non-hydrogen) atoms. The number of fused-ring (bicyclic) bond motifs is 1. The number of nitrogens with zero attached hydrogens (tertiary/aromatic N) is 3. The van der Waals surface area contributed by atoms with E-state index in [2.05, 4.69) is 9.28 Å². The smallest absolute Gasteiger partial charge is 0.316 e. The van der Waals surface area contributed by atoms with Crippen molar-refractivity contribution in [2.75, 3.05) is 32.7 Å². The predicted molar refractivity (Wildman–Crippen MR) is 126 cm³/mol. The van der Waals surface area contributed by atoms with E-state index >= 15 is 0 Å². The molecule has 1 aliphatic heterocycles. The second kappa shape index (κ2) is 9.09. The highest BCUT2D eigenvalue weighted by atomic mass is 32.2. The molecule has 1 fully saturated rings. The lowest BCUT2D eigenvalue weighted by Crippen LogP contribution is -2.49. The fraction of sp³-hybridized carbons (Fsp3) is 0.364. The Hall–Kier alpha value is -3.10. The van der Waals surface area contributed by atoms with Crippen molar-refractivity contribution in [3.63, 3.8) is 0 Å². The van der Waals surface area contributed by atoms with Crippen molar-refractivity contribution < 1.29 is 39.3 Å². The van der Waals surface area contributed by atoms with Crippen LogP contribution in [0.25, 0.3) is 16.6 Å². The molecule has 2 aromatic carbocycles. The minimum atomic E-state index is -4.11. The van der Waals surface area contributed by atoms with Gasteiger partial charge in [-0.25, -0.2) is 21.8 Å². The van der Waals surface area contributed by atoms with E-state index in [1.54, 1.807) is 18.2 Å². The zero-order chi connectivity index (χ0) is 26.5. The van der Waals surface area contributed by atoms with Crippen molar-refractivity contribution >= 4 is 37.0 Å². The number of methoxy groups -OCH3 is 1. The van der Waals surface area contributed by atoms with Gasteiger partial charge < -0.3 is 8.92 Å². The summed E-state index contributed by atoms with van der Waals surface area (Å²) < 4.78 is 87.3. The van der Waals surface area contributed by atoms with Gasteiger partial charge in [-0.1, -0.05) is 6.07 Å². The number of carbonyl (C=O) groups is 1. The van der Waals surface area contributed by atoms with E-state index in [1.807, 2.05) is 0 Å². The number of benzene rings is 2. The van der Waals surface area contributed by atoms with Gasteiger partial charge in [-0.15, -0.1) is 0 Å². The third kappa shape index (κ3) is 4.80. The van der Waals surface area contributed by atoms with Gasteiger partial charge in [0.15, 0.2) is 11.6 Å². The van der Waals surface area contributed by atoms with Gasteiger partial charge in [0.2, 0.25) is 15.8 Å². The zero-order valence-corrected chi connectivity index (χ0v) is 21.2. The number of ether oxygens (including phenoxy) is 1. The lowest BCUT2D eigenvalue weighted by atomic mass is 9.73. The van der Waals surface area contributed by atoms with Crippen molar-refractivity contribution in [1.82, 2.24) is 14.1 Å². The molecule has 1 saturated heterocycles. The van der Waals surface area contributed by atoms with Crippen molar-refractivity contribution in [2.45, 2.75) is 18.3 Å². The van der Waals surface area contributed by atoms with Crippen LogP contribution in [-0.2, 0) is 35.1 Å². The Morgan fingerprint density at radius 3 is 2.31 bits per heavy atom. The number of halogens is 2. The van der Waals surface area contributed by atoms with Crippen LogP contribution in [0.15, 0.2) is 36.5 Å². The monoisotopic (exact) mass is 543 g/mol. The van der Waals surface area contributed by atoms with Crippen LogP contribution in [0, 0.1) is 11.6 Å². The maximum absolute atomic E-state index is 14.2. The Kier molecular flexibility index (Phi) is 6.56. The molecule has 0 radical (unpaired) electrons. The Morgan fingerprint density at radius 1 is 1.06 bits per heavy atom. The van der Waals surface area contributed by atoms with E-state index in [1.165, 1.54) is 22.3 Å². The molecule has 2 heterocycles. The van der Waals surface area contributed by atoms with Crippen LogP contribution in [0.4, 0.5) is 8.78 Å². The van der Waals surface area contributed by atoms with E-state index in [9.17, 15) is 30.4 Å². The van der Waals surface area contributed by atoms with Crippen LogP contribution >= 0.6 is 0 Å². The first-order valence-electron chi connectivity index (χ1n) is 10.7. The Morgan fingerprint density at radius 2 is 1.72 bits per heavy atom. The number of carbonyl (C=O) groups excluding carboxylic acids is 1. The van der Waals surface area contributed by atoms with Gasteiger partial charge >= 0.3 is 16.1 Å². The van der Waals surface area contributed by atoms with Crippen LogP contribution in [0.2, 0.25) is 0 Å². The minimum absolute atomic E-state index is 0.0134. The second-order valence-corrected chi connectivity index (χ2v) is 12.2. The summed E-state index contributed by atoms with van der Waals surface area (Å²) in [7, 11) is -6.26. The molecule has 0 atom stereocenters. The average molecular weight is 544 g/mol. The molecule has 1 aromatic heterocycles. The molecular weight excluding hydrogens is 520 g/mol. The number of esters is 1. The maximum atomic E-state index is 14.2. The van der Waals surface area contributed by atoms with Crippen molar-refractivity contribution in [3.05, 3.63) is 53.7 Å². The molecule has 10 nitrogen and oxygen atoms in total. The molecule has 14 heteroatoms. The third-order valence-electron chi connectivity index (χ3n) is 6.21. The number of aromatic nitrogens is 2. The van der Waals surface area contributed by atoms with Crippen molar-refractivity contribution in [3.8, 4) is 11.4 Å². The lowest BCUT2D eigenvalue weighted by Gasteiger charge is -2.39. The van der Waals surface area contributed by atoms with E-state index in [-0.39, 0.29) is 31.6 Å². The minimum Gasteiger partial charge on any atom is -0.468 e. The van der Waals surface area contributed by atoms with E-state index < -0.39 is 48.9 Å². The van der Waals surface area contributed by atoms with Crippen molar-refractivity contribution in [1.29, 1.82) is 0 Å². The van der Waals surface area contributed by atoms with Crippen molar-refractivity contribution in [2.24, 2.45) is 0 Å². The maximum Gasteiger partial charge on any atom is 0.316 e. The second-order valence-electron chi connectivity index (χ2n) is 8.59. The largest absolute Gasteiger partial charge is 0.468 e. The highest BCUT2D eigenvalue weighted by Crippen LogP contribution is 2.39. The molecular formula is C22H23F2N3O7S2. The van der Waals surface area contributed by atoms with Gasteiger partial charge in [-0.05, 0) is 30.5 Å². The number of hydrogen-bond acceptors (Lipinski definition) is 8. The highest BCUT2D eigenvalue weighted by Gasteiger charge is 2.45. The third-order valence-corrected chi connectivity index (χ3v) is 7.99. The molecule has 3 aromatic rings. The fourth-order valence-corrected chi connectivity index (χ4v) is 5.73. The fourth-order valence-electron chi connectivity index (χ4n) is 4.44. The summed E-state index contributed by atoms with van der Waals surface area (Å²) >= 11 is 0. The van der Waals surface area contributed by atoms with Crippen LogP contribution in [0.3, 0.4) is 0 Å². The molecule has 0 unspecified atom stereocenters. The van der Waals surface area contributed by atoms with E-state index in [0.29, 0.717) is 22.7 Å². The van der Waals surface area contributed by atoms with Crippen LogP contribution < -0.4 is 4.18 Å². The molecule has 4 rings (SSSR count). The standard InChI is InChI=1S/C22H23F2N3O7S2/c1-33-21(28)22(6-8-26(9-7-22)35(2,29)30)15-4-5-18-14(10-15)13-25-27(18)16-11-17(23)20(24)19(12-16)34-36(3,31)32/h4-5,10-13H,6-9H2,1-3H3. The molecule has 0 amide bonds. The zero-order valence-electron chi connectivity index (χ0n) is 19.6. The normalized spacial score (nSPS) is 16.7. The molecule has 0 N–H and O–H groups in total. The first kappa shape index (κ1) is 26.0. The Labute approximate surface area is 206 Å².